The molecule has 1 N–H and O–H groups in total. The van der Waals surface area contributed by atoms with Crippen LogP contribution in [0.5, 0.6) is 0 Å². The quantitative estimate of drug-likeness (QED) is 0.766. The Morgan fingerprint density at radius 2 is 1.87 bits per heavy atom. The van der Waals surface area contributed by atoms with Gasteiger partial charge in [0.15, 0.2) is 0 Å². The number of aromatic nitrogens is 4. The van der Waals surface area contributed by atoms with Gasteiger partial charge in [-0.1, -0.05) is 17.7 Å². The van der Waals surface area contributed by atoms with Gasteiger partial charge in [0.05, 0.1) is 0 Å². The summed E-state index contributed by atoms with van der Waals surface area (Å²) in [4.78, 5) is 16.9. The van der Waals surface area contributed by atoms with Gasteiger partial charge in [-0.05, 0) is 53.5 Å². The number of nitrogens with zero attached hydrogens (tertiary/aromatic N) is 4. The topological polar surface area (TPSA) is 72.7 Å². The van der Waals surface area contributed by atoms with E-state index >= 15 is 0 Å². The first-order valence-corrected chi connectivity index (χ1v) is 7.74. The van der Waals surface area contributed by atoms with E-state index < -0.39 is 0 Å². The Kier molecular flexibility index (Phi) is 4.20. The minimum atomic E-state index is -0.279. The normalized spacial score (nSPS) is 10.6. The standard InChI is InChI=1S/C16H14BrN5O/c1-10-3-5-13(11(2)7-10)20-16(23)15-12(17)4-6-14(21-15)22-8-18-19-9-22/h3-9H,1-2H3,(H,20,23). The maximum absolute atomic E-state index is 12.5. The zero-order valence-electron chi connectivity index (χ0n) is 12.6. The van der Waals surface area contributed by atoms with Crippen LogP contribution < -0.4 is 5.32 Å². The van der Waals surface area contributed by atoms with Gasteiger partial charge in [0.2, 0.25) is 0 Å². The molecular formula is C16H14BrN5O. The molecular weight excluding hydrogens is 358 g/mol. The molecule has 6 nitrogen and oxygen atoms in total. The average Bonchev–Trinajstić information content (AvgIpc) is 3.05. The lowest BCUT2D eigenvalue weighted by Crippen LogP contribution is -2.16. The van der Waals surface area contributed by atoms with Gasteiger partial charge in [-0.2, -0.15) is 0 Å². The summed E-state index contributed by atoms with van der Waals surface area (Å²) in [6.45, 7) is 3.97. The third-order valence-corrected chi connectivity index (χ3v) is 4.00. The summed E-state index contributed by atoms with van der Waals surface area (Å²) in [5.41, 5.74) is 3.22. The number of benzene rings is 1. The van der Waals surface area contributed by atoms with Crippen LogP contribution in [0.3, 0.4) is 0 Å². The van der Waals surface area contributed by atoms with Crippen LogP contribution >= 0.6 is 15.9 Å². The number of nitrogens with one attached hydrogen (secondary N) is 1. The lowest BCUT2D eigenvalue weighted by atomic mass is 10.1. The number of anilines is 1. The second-order valence-corrected chi connectivity index (χ2v) is 6.00. The van der Waals surface area contributed by atoms with Crippen molar-refractivity contribution >= 4 is 27.5 Å². The largest absolute Gasteiger partial charge is 0.320 e. The molecule has 23 heavy (non-hydrogen) atoms. The van der Waals surface area contributed by atoms with Crippen LogP contribution in [0.15, 0.2) is 47.5 Å². The second kappa shape index (κ2) is 6.29. The van der Waals surface area contributed by atoms with Gasteiger partial charge in [-0.25, -0.2) is 4.98 Å². The molecule has 0 bridgehead atoms. The van der Waals surface area contributed by atoms with Crippen molar-refractivity contribution in [2.75, 3.05) is 5.32 Å². The number of hydrogen-bond acceptors (Lipinski definition) is 4. The van der Waals surface area contributed by atoms with Crippen LogP contribution in [0.4, 0.5) is 5.69 Å². The number of hydrogen-bond donors (Lipinski definition) is 1. The lowest BCUT2D eigenvalue weighted by Gasteiger charge is -2.10. The number of halogens is 1. The van der Waals surface area contributed by atoms with E-state index in [-0.39, 0.29) is 5.91 Å². The number of aryl methyl sites for hydroxylation is 2. The number of rotatable bonds is 3. The van der Waals surface area contributed by atoms with Gasteiger partial charge in [0, 0.05) is 10.2 Å². The smallest absolute Gasteiger partial charge is 0.275 e. The Bertz CT molecular complexity index is 861. The molecule has 0 aliphatic rings. The summed E-state index contributed by atoms with van der Waals surface area (Å²) in [6.07, 6.45) is 3.06. The van der Waals surface area contributed by atoms with Crippen molar-refractivity contribution in [1.82, 2.24) is 19.7 Å². The minimum absolute atomic E-state index is 0.279. The maximum atomic E-state index is 12.5. The number of carbonyl (C=O) groups excluding carboxylic acids is 1. The van der Waals surface area contributed by atoms with Crippen molar-refractivity contribution in [2.24, 2.45) is 0 Å². The van der Waals surface area contributed by atoms with E-state index in [0.717, 1.165) is 16.8 Å². The molecule has 0 unspecified atom stereocenters. The van der Waals surface area contributed by atoms with E-state index in [4.69, 9.17) is 0 Å². The highest BCUT2D eigenvalue weighted by atomic mass is 79.9. The monoisotopic (exact) mass is 371 g/mol. The Hall–Kier alpha value is -2.54. The molecule has 0 aliphatic carbocycles. The third kappa shape index (κ3) is 3.29. The predicted octanol–water partition coefficient (Wildman–Crippen LogP) is 3.29. The van der Waals surface area contributed by atoms with E-state index in [1.165, 1.54) is 12.7 Å². The number of amides is 1. The molecule has 116 valence electrons. The summed E-state index contributed by atoms with van der Waals surface area (Å²) in [5, 5.41) is 10.4. The van der Waals surface area contributed by atoms with Crippen LogP contribution in [0.25, 0.3) is 5.82 Å². The van der Waals surface area contributed by atoms with Crippen molar-refractivity contribution in [3.63, 3.8) is 0 Å². The van der Waals surface area contributed by atoms with Crippen LogP contribution in [0, 0.1) is 13.8 Å². The summed E-state index contributed by atoms with van der Waals surface area (Å²) < 4.78 is 2.26. The van der Waals surface area contributed by atoms with Crippen molar-refractivity contribution < 1.29 is 4.79 Å². The molecule has 0 radical (unpaired) electrons. The fraction of sp³-hybridized carbons (Fsp3) is 0.125. The summed E-state index contributed by atoms with van der Waals surface area (Å²) >= 11 is 3.37. The van der Waals surface area contributed by atoms with Gasteiger partial charge in [-0.3, -0.25) is 9.36 Å². The maximum Gasteiger partial charge on any atom is 0.275 e. The molecule has 2 aromatic heterocycles. The van der Waals surface area contributed by atoms with E-state index in [2.05, 4.69) is 36.4 Å². The van der Waals surface area contributed by atoms with E-state index in [9.17, 15) is 4.79 Å². The van der Waals surface area contributed by atoms with E-state index in [1.54, 1.807) is 16.7 Å². The van der Waals surface area contributed by atoms with Crippen LogP contribution in [-0.2, 0) is 0 Å². The van der Waals surface area contributed by atoms with Gasteiger partial charge in [0.25, 0.3) is 5.91 Å². The molecule has 0 fully saturated rings. The SMILES string of the molecule is Cc1ccc(NC(=O)c2nc(-n3cnnc3)ccc2Br)c(C)c1. The first kappa shape index (κ1) is 15.4. The fourth-order valence-electron chi connectivity index (χ4n) is 2.19. The summed E-state index contributed by atoms with van der Waals surface area (Å²) in [7, 11) is 0. The van der Waals surface area contributed by atoms with Crippen LogP contribution in [0.1, 0.15) is 21.6 Å². The number of pyridine rings is 1. The lowest BCUT2D eigenvalue weighted by molar-refractivity contribution is 0.102. The average molecular weight is 372 g/mol. The molecule has 1 amide bonds. The predicted molar refractivity (Wildman–Crippen MR) is 90.7 cm³/mol. The Morgan fingerprint density at radius 1 is 1.13 bits per heavy atom. The van der Waals surface area contributed by atoms with Gasteiger partial charge in [-0.15, -0.1) is 10.2 Å². The first-order chi connectivity index (χ1) is 11.0. The van der Waals surface area contributed by atoms with Crippen molar-refractivity contribution in [3.8, 4) is 5.82 Å². The Labute approximate surface area is 141 Å². The Morgan fingerprint density at radius 3 is 2.57 bits per heavy atom. The molecule has 2 heterocycles. The molecule has 7 heteroatoms. The van der Waals surface area contributed by atoms with Gasteiger partial charge in [0.1, 0.15) is 24.2 Å². The molecule has 0 spiro atoms. The molecule has 3 aromatic rings. The molecule has 3 rings (SSSR count). The summed E-state index contributed by atoms with van der Waals surface area (Å²) in [6, 6.07) is 9.42. The minimum Gasteiger partial charge on any atom is -0.320 e. The van der Waals surface area contributed by atoms with E-state index in [1.807, 2.05) is 32.0 Å². The van der Waals surface area contributed by atoms with Gasteiger partial charge >= 0.3 is 0 Å². The zero-order valence-corrected chi connectivity index (χ0v) is 14.2. The van der Waals surface area contributed by atoms with Crippen molar-refractivity contribution in [1.29, 1.82) is 0 Å². The van der Waals surface area contributed by atoms with E-state index in [0.29, 0.717) is 16.0 Å². The van der Waals surface area contributed by atoms with Crippen molar-refractivity contribution in [3.05, 3.63) is 64.3 Å². The molecule has 0 saturated carbocycles. The van der Waals surface area contributed by atoms with Gasteiger partial charge < -0.3 is 5.32 Å². The highest BCUT2D eigenvalue weighted by Gasteiger charge is 2.15. The van der Waals surface area contributed by atoms with Crippen molar-refractivity contribution in [2.45, 2.75) is 13.8 Å². The summed E-state index contributed by atoms with van der Waals surface area (Å²) in [5.74, 6) is 0.294. The third-order valence-electron chi connectivity index (χ3n) is 3.36. The first-order valence-electron chi connectivity index (χ1n) is 6.95. The fourth-order valence-corrected chi connectivity index (χ4v) is 2.59. The molecule has 1 aromatic carbocycles. The highest BCUT2D eigenvalue weighted by molar-refractivity contribution is 9.10. The molecule has 0 atom stereocenters. The second-order valence-electron chi connectivity index (χ2n) is 5.14. The Balaban J connectivity index is 1.91. The zero-order chi connectivity index (χ0) is 16.4. The van der Waals surface area contributed by atoms with Crippen LogP contribution in [-0.4, -0.2) is 25.7 Å². The number of carbonyl (C=O) groups is 1. The van der Waals surface area contributed by atoms with Crippen LogP contribution in [0.2, 0.25) is 0 Å². The molecule has 0 saturated heterocycles. The molecule has 0 aliphatic heterocycles. The highest BCUT2D eigenvalue weighted by Crippen LogP contribution is 2.21.